The van der Waals surface area contributed by atoms with Gasteiger partial charge in [-0.3, -0.25) is 14.2 Å². The lowest BCUT2D eigenvalue weighted by Crippen LogP contribution is -2.28. The lowest BCUT2D eigenvalue weighted by Gasteiger charge is -2.18. The smallest absolute Gasteiger partial charge is 0.262 e. The minimum atomic E-state index is -0.132. The third-order valence-electron chi connectivity index (χ3n) is 4.81. The van der Waals surface area contributed by atoms with Crippen molar-refractivity contribution in [2.75, 3.05) is 25.5 Å². The van der Waals surface area contributed by atoms with Gasteiger partial charge in [0.2, 0.25) is 5.91 Å². The van der Waals surface area contributed by atoms with Gasteiger partial charge in [0.1, 0.15) is 13.2 Å². The number of nitrogens with zero attached hydrogens (tertiary/aromatic N) is 2. The number of para-hydroxylation sites is 1. The second-order valence-electron chi connectivity index (χ2n) is 6.98. The third kappa shape index (κ3) is 4.91. The molecule has 160 valence electrons. The van der Waals surface area contributed by atoms with Crippen LogP contribution in [0, 0.1) is 0 Å². The first-order chi connectivity index (χ1) is 15.2. The molecule has 8 heteroatoms. The van der Waals surface area contributed by atoms with E-state index in [-0.39, 0.29) is 17.2 Å². The second-order valence-corrected chi connectivity index (χ2v) is 7.93. The van der Waals surface area contributed by atoms with Gasteiger partial charge >= 0.3 is 0 Å². The first-order valence-corrected chi connectivity index (χ1v) is 11.0. The quantitative estimate of drug-likeness (QED) is 0.332. The van der Waals surface area contributed by atoms with E-state index in [1.807, 2.05) is 30.3 Å². The number of carbonyl (C=O) groups is 1. The van der Waals surface area contributed by atoms with Crippen molar-refractivity contribution >= 4 is 28.6 Å². The van der Waals surface area contributed by atoms with Gasteiger partial charge in [-0.15, -0.1) is 6.58 Å². The molecule has 2 aromatic carbocycles. The van der Waals surface area contributed by atoms with Crippen LogP contribution in [0.4, 0.5) is 0 Å². The van der Waals surface area contributed by atoms with Crippen LogP contribution < -0.4 is 20.3 Å². The maximum absolute atomic E-state index is 12.8. The van der Waals surface area contributed by atoms with E-state index in [1.165, 1.54) is 11.8 Å². The Kier molecular flexibility index (Phi) is 6.57. The van der Waals surface area contributed by atoms with Crippen molar-refractivity contribution in [3.63, 3.8) is 0 Å². The predicted molar refractivity (Wildman–Crippen MR) is 121 cm³/mol. The molecule has 1 aliphatic heterocycles. The number of hydrogen-bond acceptors (Lipinski definition) is 6. The van der Waals surface area contributed by atoms with E-state index in [0.717, 1.165) is 17.1 Å². The minimum Gasteiger partial charge on any atom is -0.486 e. The zero-order valence-corrected chi connectivity index (χ0v) is 17.8. The van der Waals surface area contributed by atoms with Crippen LogP contribution in [0.1, 0.15) is 5.56 Å². The van der Waals surface area contributed by atoms with E-state index in [4.69, 9.17) is 9.47 Å². The van der Waals surface area contributed by atoms with Crippen LogP contribution in [0.25, 0.3) is 10.9 Å². The zero-order chi connectivity index (χ0) is 21.6. The van der Waals surface area contributed by atoms with Gasteiger partial charge in [0.15, 0.2) is 16.7 Å². The van der Waals surface area contributed by atoms with E-state index in [1.54, 1.807) is 22.8 Å². The highest BCUT2D eigenvalue weighted by Crippen LogP contribution is 2.30. The number of benzene rings is 2. The van der Waals surface area contributed by atoms with E-state index in [2.05, 4.69) is 16.9 Å². The number of carbonyl (C=O) groups excluding carboxylic acids is 1. The molecule has 0 radical (unpaired) electrons. The Hall–Kier alpha value is -3.26. The van der Waals surface area contributed by atoms with Gasteiger partial charge in [-0.25, -0.2) is 4.98 Å². The summed E-state index contributed by atoms with van der Waals surface area (Å²) >= 11 is 1.24. The van der Waals surface area contributed by atoms with Crippen molar-refractivity contribution in [3.05, 3.63) is 71.0 Å². The molecule has 1 N–H and O–H groups in total. The van der Waals surface area contributed by atoms with Crippen molar-refractivity contribution in [2.45, 2.75) is 18.1 Å². The molecule has 0 saturated heterocycles. The highest BCUT2D eigenvalue weighted by Gasteiger charge is 2.13. The molecule has 0 fully saturated rings. The molecule has 0 aliphatic carbocycles. The summed E-state index contributed by atoms with van der Waals surface area (Å²) in [6.45, 7) is 5.67. The molecule has 0 atom stereocenters. The number of thioether (sulfide) groups is 1. The first-order valence-electron chi connectivity index (χ1n) is 10.0. The molecule has 0 bridgehead atoms. The summed E-state index contributed by atoms with van der Waals surface area (Å²) < 4.78 is 12.7. The number of fused-ring (bicyclic) bond motifs is 2. The van der Waals surface area contributed by atoms with Crippen molar-refractivity contribution < 1.29 is 14.3 Å². The van der Waals surface area contributed by atoms with E-state index in [9.17, 15) is 9.59 Å². The van der Waals surface area contributed by atoms with Crippen molar-refractivity contribution in [3.8, 4) is 11.5 Å². The molecule has 0 saturated carbocycles. The maximum atomic E-state index is 12.8. The molecule has 1 amide bonds. The van der Waals surface area contributed by atoms with Crippen molar-refractivity contribution in [1.82, 2.24) is 14.9 Å². The largest absolute Gasteiger partial charge is 0.486 e. The van der Waals surface area contributed by atoms with E-state index in [0.29, 0.717) is 48.8 Å². The maximum Gasteiger partial charge on any atom is 0.262 e. The average Bonchev–Trinajstić information content (AvgIpc) is 2.80. The molecule has 0 unspecified atom stereocenters. The van der Waals surface area contributed by atoms with Gasteiger partial charge in [-0.1, -0.05) is 36.0 Å². The Morgan fingerprint density at radius 3 is 2.84 bits per heavy atom. The summed E-state index contributed by atoms with van der Waals surface area (Å²) in [5, 5.41) is 3.98. The van der Waals surface area contributed by atoms with Crippen LogP contribution in [0.2, 0.25) is 0 Å². The second kappa shape index (κ2) is 9.70. The zero-order valence-electron chi connectivity index (χ0n) is 17.0. The number of ether oxygens (including phenoxy) is 2. The van der Waals surface area contributed by atoms with Gasteiger partial charge in [-0.2, -0.15) is 0 Å². The van der Waals surface area contributed by atoms with Crippen LogP contribution in [0.15, 0.2) is 65.1 Å². The monoisotopic (exact) mass is 437 g/mol. The molecular formula is C23H23N3O4S. The van der Waals surface area contributed by atoms with Gasteiger partial charge in [0.25, 0.3) is 5.56 Å². The lowest BCUT2D eigenvalue weighted by molar-refractivity contribution is -0.118. The third-order valence-corrected chi connectivity index (χ3v) is 5.79. The molecule has 4 rings (SSSR count). The highest BCUT2D eigenvalue weighted by atomic mass is 32.2. The lowest BCUT2D eigenvalue weighted by atomic mass is 10.1. The van der Waals surface area contributed by atoms with Gasteiger partial charge < -0.3 is 14.8 Å². The molecule has 0 spiro atoms. The van der Waals surface area contributed by atoms with Crippen LogP contribution in [-0.2, 0) is 17.8 Å². The van der Waals surface area contributed by atoms with Crippen molar-refractivity contribution in [1.29, 1.82) is 0 Å². The molecule has 31 heavy (non-hydrogen) atoms. The summed E-state index contributed by atoms with van der Waals surface area (Å²) in [6, 6.07) is 13.0. The Balaban J connectivity index is 1.35. The number of amides is 1. The summed E-state index contributed by atoms with van der Waals surface area (Å²) in [5.41, 5.74) is 1.55. The highest BCUT2D eigenvalue weighted by molar-refractivity contribution is 7.99. The Bertz CT molecular complexity index is 1180. The van der Waals surface area contributed by atoms with E-state index >= 15 is 0 Å². The fourth-order valence-electron chi connectivity index (χ4n) is 3.32. The molecule has 1 aromatic heterocycles. The van der Waals surface area contributed by atoms with Gasteiger partial charge in [-0.05, 0) is 36.2 Å². The Labute approximate surface area is 184 Å². The van der Waals surface area contributed by atoms with Gasteiger partial charge in [0.05, 0.1) is 16.7 Å². The van der Waals surface area contributed by atoms with Crippen LogP contribution >= 0.6 is 11.8 Å². The van der Waals surface area contributed by atoms with Crippen LogP contribution in [-0.4, -0.2) is 41.0 Å². The fourth-order valence-corrected chi connectivity index (χ4v) is 4.16. The molecule has 7 nitrogen and oxygen atoms in total. The molecular weight excluding hydrogens is 414 g/mol. The van der Waals surface area contributed by atoms with E-state index < -0.39 is 0 Å². The number of nitrogens with one attached hydrogen (secondary N) is 1. The predicted octanol–water partition coefficient (Wildman–Crippen LogP) is 2.80. The minimum absolute atomic E-state index is 0.116. The van der Waals surface area contributed by atoms with Crippen LogP contribution in [0.3, 0.4) is 0 Å². The summed E-state index contributed by atoms with van der Waals surface area (Å²) in [4.78, 5) is 29.7. The Morgan fingerprint density at radius 2 is 2.00 bits per heavy atom. The number of allylic oxidation sites excluding steroid dienone is 1. The van der Waals surface area contributed by atoms with Crippen LogP contribution in [0.5, 0.6) is 11.5 Å². The fraction of sp³-hybridized carbons (Fsp3) is 0.261. The first kappa shape index (κ1) is 21.0. The average molecular weight is 438 g/mol. The number of rotatable bonds is 8. The topological polar surface area (TPSA) is 82.5 Å². The standard InChI is InChI=1S/C23H23N3O4S/c1-2-11-26-22(28)17-5-3-4-6-18(17)25-23(26)31-15-21(27)24-10-9-16-7-8-19-20(14-16)30-13-12-29-19/h2-8,14H,1,9-13,15H2,(H,24,27). The summed E-state index contributed by atoms with van der Waals surface area (Å²) in [7, 11) is 0. The van der Waals surface area contributed by atoms with Gasteiger partial charge in [0, 0.05) is 13.1 Å². The molecule has 1 aliphatic rings. The molecule has 2 heterocycles. The SMILES string of the molecule is C=CCn1c(SCC(=O)NCCc2ccc3c(c2)OCCO3)nc2ccccc2c1=O. The summed E-state index contributed by atoms with van der Waals surface area (Å²) in [6.07, 6.45) is 2.33. The number of hydrogen-bond donors (Lipinski definition) is 1. The normalized spacial score (nSPS) is 12.5. The Morgan fingerprint density at radius 1 is 1.19 bits per heavy atom. The van der Waals surface area contributed by atoms with Crippen molar-refractivity contribution in [2.24, 2.45) is 0 Å². The summed E-state index contributed by atoms with van der Waals surface area (Å²) in [5.74, 6) is 1.55. The molecule has 3 aromatic rings. The number of aromatic nitrogens is 2.